The maximum Gasteiger partial charge on any atom is 0.387 e. The molecule has 0 amide bonds. The molecule has 0 saturated heterocycles. The number of hydrogen-bond acceptors (Lipinski definition) is 3. The number of aromatic nitrogens is 1. The molecule has 13 heavy (non-hydrogen) atoms. The Bertz CT molecular complexity index is 315. The van der Waals surface area contributed by atoms with Crippen molar-refractivity contribution in [2.75, 3.05) is 0 Å². The van der Waals surface area contributed by atoms with Crippen LogP contribution >= 0.6 is 0 Å². The third-order valence-corrected chi connectivity index (χ3v) is 1.35. The van der Waals surface area contributed by atoms with Gasteiger partial charge in [0.1, 0.15) is 5.69 Å². The minimum absolute atomic E-state index is 0.120. The van der Waals surface area contributed by atoms with Crippen LogP contribution in [0.4, 0.5) is 8.78 Å². The van der Waals surface area contributed by atoms with Crippen molar-refractivity contribution in [1.29, 1.82) is 0 Å². The van der Waals surface area contributed by atoms with Crippen molar-refractivity contribution in [2.45, 2.75) is 13.5 Å². The van der Waals surface area contributed by atoms with Gasteiger partial charge in [-0.2, -0.15) is 8.78 Å². The van der Waals surface area contributed by atoms with Gasteiger partial charge in [0.05, 0.1) is 0 Å². The largest absolute Gasteiger partial charge is 0.432 e. The van der Waals surface area contributed by atoms with E-state index in [0.29, 0.717) is 11.8 Å². The zero-order valence-electron chi connectivity index (χ0n) is 6.83. The predicted octanol–water partition coefficient (Wildman–Crippen LogP) is 1.80. The molecule has 0 radical (unpaired) electrons. The Balaban J connectivity index is 3.01. The van der Waals surface area contributed by atoms with Gasteiger partial charge in [-0.05, 0) is 18.6 Å². The monoisotopic (exact) mass is 187 g/mol. The molecule has 5 heteroatoms. The fraction of sp³-hybridized carbons (Fsp3) is 0.250. The number of carbonyl (C=O) groups is 1. The van der Waals surface area contributed by atoms with Gasteiger partial charge in [-0.25, -0.2) is 4.98 Å². The summed E-state index contributed by atoms with van der Waals surface area (Å²) in [5.74, 6) is -0.190. The van der Waals surface area contributed by atoms with Crippen molar-refractivity contribution in [3.8, 4) is 5.75 Å². The second-order valence-corrected chi connectivity index (χ2v) is 2.39. The lowest BCUT2D eigenvalue weighted by molar-refractivity contribution is -0.0503. The van der Waals surface area contributed by atoms with Crippen molar-refractivity contribution in [3.05, 3.63) is 23.5 Å². The average Bonchev–Trinajstić information content (AvgIpc) is 2.03. The van der Waals surface area contributed by atoms with E-state index in [2.05, 4.69) is 9.72 Å². The first-order chi connectivity index (χ1) is 6.13. The molecule has 3 nitrogen and oxygen atoms in total. The lowest BCUT2D eigenvalue weighted by Crippen LogP contribution is -2.05. The van der Waals surface area contributed by atoms with Crippen LogP contribution in [0.25, 0.3) is 0 Å². The average molecular weight is 187 g/mol. The Labute approximate surface area is 73.4 Å². The van der Waals surface area contributed by atoms with E-state index < -0.39 is 6.61 Å². The molecule has 0 fully saturated rings. The van der Waals surface area contributed by atoms with Gasteiger partial charge in [0.15, 0.2) is 12.0 Å². The van der Waals surface area contributed by atoms with Crippen molar-refractivity contribution in [1.82, 2.24) is 4.98 Å². The summed E-state index contributed by atoms with van der Waals surface area (Å²) in [7, 11) is 0. The number of carbonyl (C=O) groups excluding carboxylic acids is 1. The SMILES string of the molecule is Cc1cnc(C=O)c(OC(F)F)c1. The lowest BCUT2D eigenvalue weighted by Gasteiger charge is -2.06. The van der Waals surface area contributed by atoms with E-state index in [-0.39, 0.29) is 11.4 Å². The van der Waals surface area contributed by atoms with E-state index >= 15 is 0 Å². The molecule has 0 aliphatic carbocycles. The van der Waals surface area contributed by atoms with E-state index in [0.717, 1.165) is 0 Å². The van der Waals surface area contributed by atoms with Gasteiger partial charge in [-0.15, -0.1) is 0 Å². The van der Waals surface area contributed by atoms with Crippen molar-refractivity contribution in [2.24, 2.45) is 0 Å². The highest BCUT2D eigenvalue weighted by molar-refractivity contribution is 5.76. The van der Waals surface area contributed by atoms with E-state index in [1.54, 1.807) is 6.92 Å². The summed E-state index contributed by atoms with van der Waals surface area (Å²) in [4.78, 5) is 14.0. The summed E-state index contributed by atoms with van der Waals surface area (Å²) < 4.78 is 27.7. The van der Waals surface area contributed by atoms with Crippen LogP contribution in [-0.4, -0.2) is 17.9 Å². The van der Waals surface area contributed by atoms with Gasteiger partial charge in [0.2, 0.25) is 0 Å². The van der Waals surface area contributed by atoms with Crippen LogP contribution in [0.1, 0.15) is 16.1 Å². The maximum atomic E-state index is 11.8. The minimum Gasteiger partial charge on any atom is -0.432 e. The van der Waals surface area contributed by atoms with Crippen LogP contribution in [0.5, 0.6) is 5.75 Å². The van der Waals surface area contributed by atoms with Gasteiger partial charge >= 0.3 is 6.61 Å². The fourth-order valence-corrected chi connectivity index (χ4v) is 0.832. The molecule has 0 aliphatic rings. The molecule has 0 spiro atoms. The molecule has 70 valence electrons. The van der Waals surface area contributed by atoms with Crippen LogP contribution in [0.3, 0.4) is 0 Å². The maximum absolute atomic E-state index is 11.8. The summed E-state index contributed by atoms with van der Waals surface area (Å²) in [5.41, 5.74) is 0.534. The van der Waals surface area contributed by atoms with Crippen molar-refractivity contribution in [3.63, 3.8) is 0 Å². The number of hydrogen-bond donors (Lipinski definition) is 0. The highest BCUT2D eigenvalue weighted by Crippen LogP contribution is 2.18. The van der Waals surface area contributed by atoms with Crippen LogP contribution in [-0.2, 0) is 0 Å². The molecule has 0 atom stereocenters. The number of rotatable bonds is 3. The summed E-state index contributed by atoms with van der Waals surface area (Å²) >= 11 is 0. The molecule has 1 aromatic heterocycles. The smallest absolute Gasteiger partial charge is 0.387 e. The first-order valence-corrected chi connectivity index (χ1v) is 3.50. The van der Waals surface area contributed by atoms with Gasteiger partial charge in [0.25, 0.3) is 0 Å². The van der Waals surface area contributed by atoms with Gasteiger partial charge < -0.3 is 4.74 Å². The van der Waals surface area contributed by atoms with Crippen LogP contribution < -0.4 is 4.74 Å². The highest BCUT2D eigenvalue weighted by Gasteiger charge is 2.10. The third kappa shape index (κ3) is 2.47. The summed E-state index contributed by atoms with van der Waals surface area (Å²) in [5, 5.41) is 0. The molecule has 0 aliphatic heterocycles. The van der Waals surface area contributed by atoms with E-state index in [4.69, 9.17) is 0 Å². The number of aryl methyl sites for hydroxylation is 1. The van der Waals surface area contributed by atoms with Crippen molar-refractivity contribution >= 4 is 6.29 Å². The van der Waals surface area contributed by atoms with Gasteiger partial charge in [-0.1, -0.05) is 0 Å². The molecule has 1 heterocycles. The van der Waals surface area contributed by atoms with Crippen molar-refractivity contribution < 1.29 is 18.3 Å². The van der Waals surface area contributed by atoms with Gasteiger partial charge in [-0.3, -0.25) is 4.79 Å². The fourth-order valence-electron chi connectivity index (χ4n) is 0.832. The summed E-state index contributed by atoms with van der Waals surface area (Å²) in [6.45, 7) is -1.28. The number of nitrogens with zero attached hydrogens (tertiary/aromatic N) is 1. The number of alkyl halides is 2. The standard InChI is InChI=1S/C8H7F2NO2/c1-5-2-7(13-8(9)10)6(4-12)11-3-5/h2-4,8H,1H3. The molecule has 0 unspecified atom stereocenters. The number of aldehydes is 1. The highest BCUT2D eigenvalue weighted by atomic mass is 19.3. The Kier molecular flexibility index (Phi) is 2.89. The first kappa shape index (κ1) is 9.57. The zero-order valence-corrected chi connectivity index (χ0v) is 6.83. The van der Waals surface area contributed by atoms with Crippen LogP contribution in [0.15, 0.2) is 12.3 Å². The quantitative estimate of drug-likeness (QED) is 0.677. The third-order valence-electron chi connectivity index (χ3n) is 1.35. The Morgan fingerprint density at radius 3 is 2.85 bits per heavy atom. The summed E-state index contributed by atoms with van der Waals surface area (Å²) in [6.07, 6.45) is 1.78. The van der Waals surface area contributed by atoms with E-state index in [1.807, 2.05) is 0 Å². The predicted molar refractivity (Wildman–Crippen MR) is 41.0 cm³/mol. The number of halogens is 2. The number of ether oxygens (including phenoxy) is 1. The Morgan fingerprint density at radius 2 is 2.31 bits per heavy atom. The second-order valence-electron chi connectivity index (χ2n) is 2.39. The first-order valence-electron chi connectivity index (χ1n) is 3.50. The van der Waals surface area contributed by atoms with Crippen LogP contribution in [0.2, 0.25) is 0 Å². The normalized spacial score (nSPS) is 10.2. The van der Waals surface area contributed by atoms with Crippen LogP contribution in [0, 0.1) is 6.92 Å². The van der Waals surface area contributed by atoms with Gasteiger partial charge in [0, 0.05) is 6.20 Å². The minimum atomic E-state index is -2.94. The molecule has 0 aromatic carbocycles. The topological polar surface area (TPSA) is 39.2 Å². The molecule has 0 bridgehead atoms. The molecule has 1 rings (SSSR count). The molecule has 1 aromatic rings. The van der Waals surface area contributed by atoms with E-state index in [9.17, 15) is 13.6 Å². The zero-order chi connectivity index (χ0) is 9.84. The Morgan fingerprint density at radius 1 is 1.62 bits per heavy atom. The van der Waals surface area contributed by atoms with E-state index in [1.165, 1.54) is 12.3 Å². The second kappa shape index (κ2) is 3.93. The molecular formula is C8H7F2NO2. The molecular weight excluding hydrogens is 180 g/mol. The number of pyridine rings is 1. The molecule has 0 N–H and O–H groups in total. The Hall–Kier alpha value is -1.52. The molecule has 0 saturated carbocycles. The lowest BCUT2D eigenvalue weighted by atomic mass is 10.2. The summed E-state index contributed by atoms with van der Waals surface area (Å²) in [6, 6.07) is 1.34.